The van der Waals surface area contributed by atoms with Gasteiger partial charge in [0, 0.05) is 28.3 Å². The van der Waals surface area contributed by atoms with E-state index in [2.05, 4.69) is 198 Å². The topological polar surface area (TPSA) is 6.48 Å². The van der Waals surface area contributed by atoms with E-state index < -0.39 is 0 Å². The first kappa shape index (κ1) is 28.6. The number of allylic oxidation sites excluding steroid dienone is 2. The second-order valence-electron chi connectivity index (χ2n) is 13.3. The van der Waals surface area contributed by atoms with Crippen LogP contribution in [0.25, 0.3) is 49.0 Å². The first-order valence-corrected chi connectivity index (χ1v) is 17.5. The van der Waals surface area contributed by atoms with E-state index in [1.165, 1.54) is 66.0 Å². The van der Waals surface area contributed by atoms with Crippen LogP contribution in [0.15, 0.2) is 188 Å². The number of benzene rings is 8. The van der Waals surface area contributed by atoms with Crippen molar-refractivity contribution in [1.82, 2.24) is 0 Å². The lowest BCUT2D eigenvalue weighted by atomic mass is 9.95. The van der Waals surface area contributed by atoms with Crippen molar-refractivity contribution in [3.8, 4) is 11.1 Å². The van der Waals surface area contributed by atoms with Crippen LogP contribution in [0.1, 0.15) is 12.0 Å². The molecule has 0 fully saturated rings. The van der Waals surface area contributed by atoms with Gasteiger partial charge in [0.15, 0.2) is 0 Å². The molecule has 0 aromatic heterocycles. The first-order chi connectivity index (χ1) is 24.8. The lowest BCUT2D eigenvalue weighted by Gasteiger charge is -2.30. The van der Waals surface area contributed by atoms with Gasteiger partial charge in [-0.3, -0.25) is 0 Å². The van der Waals surface area contributed by atoms with Crippen LogP contribution in [-0.2, 0) is 0 Å². The number of anilines is 5. The van der Waals surface area contributed by atoms with Gasteiger partial charge >= 0.3 is 0 Å². The molecule has 1 aliphatic heterocycles. The molecule has 0 spiro atoms. The number of nitrogens with zero attached hydrogens (tertiary/aromatic N) is 2. The van der Waals surface area contributed by atoms with Crippen molar-refractivity contribution >= 4 is 66.3 Å². The van der Waals surface area contributed by atoms with Gasteiger partial charge in [-0.15, -0.1) is 0 Å². The summed E-state index contributed by atoms with van der Waals surface area (Å²) in [5.74, 6) is 0. The largest absolute Gasteiger partial charge is 0.333 e. The maximum absolute atomic E-state index is 2.53. The SMILES string of the molecule is C1=CCC2C(=C1)c1ccc(N(c3cccc(-c4ccccc4)c3)c3ccc4ccc5c6ccccc6ccc5c4c3)cc1N2c1ccccc1. The van der Waals surface area contributed by atoms with Crippen LogP contribution in [0.3, 0.4) is 0 Å². The van der Waals surface area contributed by atoms with Gasteiger partial charge in [0.2, 0.25) is 0 Å². The molecule has 0 radical (unpaired) electrons. The minimum Gasteiger partial charge on any atom is -0.333 e. The molecule has 1 atom stereocenters. The summed E-state index contributed by atoms with van der Waals surface area (Å²) in [6.07, 6.45) is 7.79. The molecule has 10 rings (SSSR count). The molecule has 8 aromatic rings. The minimum atomic E-state index is 0.282. The summed E-state index contributed by atoms with van der Waals surface area (Å²) in [6, 6.07) is 62.5. The van der Waals surface area contributed by atoms with E-state index in [-0.39, 0.29) is 6.04 Å². The second-order valence-corrected chi connectivity index (χ2v) is 13.3. The van der Waals surface area contributed by atoms with Gasteiger partial charge in [-0.25, -0.2) is 0 Å². The van der Waals surface area contributed by atoms with E-state index in [0.29, 0.717) is 0 Å². The molecule has 0 saturated heterocycles. The summed E-state index contributed by atoms with van der Waals surface area (Å²) >= 11 is 0. The molecule has 0 saturated carbocycles. The van der Waals surface area contributed by atoms with Crippen LogP contribution in [0.2, 0.25) is 0 Å². The number of para-hydroxylation sites is 1. The third-order valence-electron chi connectivity index (χ3n) is 10.5. The van der Waals surface area contributed by atoms with Crippen molar-refractivity contribution < 1.29 is 0 Å². The molecule has 1 heterocycles. The van der Waals surface area contributed by atoms with Gasteiger partial charge in [0.25, 0.3) is 0 Å². The smallest absolute Gasteiger partial charge is 0.0632 e. The van der Waals surface area contributed by atoms with Crippen LogP contribution in [0.4, 0.5) is 28.4 Å². The predicted molar refractivity (Wildman–Crippen MR) is 213 cm³/mol. The molecule has 1 unspecified atom stereocenters. The zero-order valence-electron chi connectivity index (χ0n) is 27.6. The number of hydrogen-bond donors (Lipinski definition) is 0. The Hall–Kier alpha value is -6.38. The zero-order valence-corrected chi connectivity index (χ0v) is 27.6. The Balaban J connectivity index is 1.20. The fourth-order valence-corrected chi connectivity index (χ4v) is 8.16. The molecule has 0 bridgehead atoms. The van der Waals surface area contributed by atoms with Gasteiger partial charge in [-0.2, -0.15) is 0 Å². The average Bonchev–Trinajstić information content (AvgIpc) is 3.52. The van der Waals surface area contributed by atoms with Gasteiger partial charge in [-0.1, -0.05) is 140 Å². The molecule has 8 aromatic carbocycles. The lowest BCUT2D eigenvalue weighted by Crippen LogP contribution is -2.27. The van der Waals surface area contributed by atoms with Gasteiger partial charge in [-0.05, 0) is 104 Å². The average molecular weight is 639 g/mol. The van der Waals surface area contributed by atoms with E-state index in [9.17, 15) is 0 Å². The Morgan fingerprint density at radius 1 is 0.480 bits per heavy atom. The van der Waals surface area contributed by atoms with Crippen molar-refractivity contribution in [1.29, 1.82) is 0 Å². The Morgan fingerprint density at radius 3 is 2.00 bits per heavy atom. The highest BCUT2D eigenvalue weighted by molar-refractivity contribution is 6.18. The molecule has 236 valence electrons. The Kier molecular flexibility index (Phi) is 6.67. The second kappa shape index (κ2) is 11.6. The van der Waals surface area contributed by atoms with E-state index in [1.807, 2.05) is 0 Å². The molecule has 2 heteroatoms. The van der Waals surface area contributed by atoms with Crippen molar-refractivity contribution in [3.05, 3.63) is 194 Å². The van der Waals surface area contributed by atoms with Crippen LogP contribution >= 0.6 is 0 Å². The Morgan fingerprint density at radius 2 is 1.14 bits per heavy atom. The maximum Gasteiger partial charge on any atom is 0.0632 e. The highest BCUT2D eigenvalue weighted by Gasteiger charge is 2.35. The molecule has 0 amide bonds. The van der Waals surface area contributed by atoms with Crippen LogP contribution < -0.4 is 9.80 Å². The standard InChI is InChI=1S/C48H34N2/c1-3-12-33(13-4-1)36-15-11-18-38(30-36)49(39-25-22-35-24-27-42-41-19-8-7-14-34(41)23-28-43(42)46(35)31-39)40-26-29-45-44-20-9-10-21-47(44)50(48(45)32-40)37-16-5-2-6-17-37/h1-20,22-32,47H,21H2. The van der Waals surface area contributed by atoms with Crippen LogP contribution in [0.5, 0.6) is 0 Å². The molecule has 0 N–H and O–H groups in total. The lowest BCUT2D eigenvalue weighted by molar-refractivity contribution is 0.829. The minimum absolute atomic E-state index is 0.282. The summed E-state index contributed by atoms with van der Waals surface area (Å²) < 4.78 is 0. The predicted octanol–water partition coefficient (Wildman–Crippen LogP) is 13.1. The summed E-state index contributed by atoms with van der Waals surface area (Å²) in [5, 5.41) is 7.60. The quantitative estimate of drug-likeness (QED) is 0.173. The van der Waals surface area contributed by atoms with Crippen molar-refractivity contribution in [2.75, 3.05) is 9.80 Å². The molecule has 1 aliphatic carbocycles. The Labute approximate surface area is 292 Å². The van der Waals surface area contributed by atoms with Gasteiger partial charge in [0.1, 0.15) is 0 Å². The Bertz CT molecular complexity index is 2630. The highest BCUT2D eigenvalue weighted by atomic mass is 15.2. The summed E-state index contributed by atoms with van der Waals surface area (Å²) in [4.78, 5) is 4.97. The summed E-state index contributed by atoms with van der Waals surface area (Å²) in [7, 11) is 0. The van der Waals surface area contributed by atoms with Crippen LogP contribution in [0, 0.1) is 0 Å². The van der Waals surface area contributed by atoms with Crippen molar-refractivity contribution in [3.63, 3.8) is 0 Å². The number of rotatable bonds is 5. The van der Waals surface area contributed by atoms with Crippen molar-refractivity contribution in [2.24, 2.45) is 0 Å². The fraction of sp³-hybridized carbons (Fsp3) is 0.0417. The molecule has 2 nitrogen and oxygen atoms in total. The fourth-order valence-electron chi connectivity index (χ4n) is 8.16. The monoisotopic (exact) mass is 638 g/mol. The third kappa shape index (κ3) is 4.64. The molecular weight excluding hydrogens is 605 g/mol. The molecule has 50 heavy (non-hydrogen) atoms. The maximum atomic E-state index is 2.53. The first-order valence-electron chi connectivity index (χ1n) is 17.5. The molecule has 2 aliphatic rings. The van der Waals surface area contributed by atoms with E-state index >= 15 is 0 Å². The van der Waals surface area contributed by atoms with E-state index in [0.717, 1.165) is 23.5 Å². The van der Waals surface area contributed by atoms with Gasteiger partial charge in [0.05, 0.1) is 11.7 Å². The van der Waals surface area contributed by atoms with Gasteiger partial charge < -0.3 is 9.80 Å². The molecular formula is C48H34N2. The van der Waals surface area contributed by atoms with E-state index in [4.69, 9.17) is 0 Å². The normalized spacial score (nSPS) is 14.9. The zero-order chi connectivity index (χ0) is 33.0. The van der Waals surface area contributed by atoms with E-state index in [1.54, 1.807) is 0 Å². The van der Waals surface area contributed by atoms with Crippen molar-refractivity contribution in [2.45, 2.75) is 12.5 Å². The number of fused-ring (bicyclic) bond motifs is 8. The third-order valence-corrected chi connectivity index (χ3v) is 10.5. The highest BCUT2D eigenvalue weighted by Crippen LogP contribution is 2.50. The summed E-state index contributed by atoms with van der Waals surface area (Å²) in [6.45, 7) is 0. The summed E-state index contributed by atoms with van der Waals surface area (Å²) in [5.41, 5.74) is 10.9. The van der Waals surface area contributed by atoms with Crippen LogP contribution in [-0.4, -0.2) is 6.04 Å². The number of hydrogen-bond acceptors (Lipinski definition) is 2.